The predicted molar refractivity (Wildman–Crippen MR) is 91.2 cm³/mol. The van der Waals surface area contributed by atoms with E-state index in [9.17, 15) is 0 Å². The van der Waals surface area contributed by atoms with Crippen LogP contribution in [0.25, 0.3) is 0 Å². The highest BCUT2D eigenvalue weighted by atomic mass is 35.5. The Balaban J connectivity index is 0.00000180. The maximum absolute atomic E-state index is 3.45. The molecule has 1 aromatic rings. The van der Waals surface area contributed by atoms with Gasteiger partial charge in [0.2, 0.25) is 0 Å². The van der Waals surface area contributed by atoms with E-state index in [0.29, 0.717) is 6.04 Å². The molecule has 0 aromatic carbocycles. The van der Waals surface area contributed by atoms with Crippen molar-refractivity contribution in [2.24, 2.45) is 13.0 Å². The molecule has 1 aromatic heterocycles. The average molecular weight is 322 g/mol. The van der Waals surface area contributed by atoms with Gasteiger partial charge >= 0.3 is 0 Å². The van der Waals surface area contributed by atoms with Crippen LogP contribution in [0.3, 0.4) is 0 Å². The molecule has 1 saturated heterocycles. The minimum atomic E-state index is 0. The Morgan fingerprint density at radius 2 is 1.80 bits per heavy atom. The van der Waals surface area contributed by atoms with E-state index < -0.39 is 0 Å². The minimum absolute atomic E-state index is 0. The van der Waals surface area contributed by atoms with Crippen molar-refractivity contribution in [3.63, 3.8) is 0 Å². The van der Waals surface area contributed by atoms with E-state index in [2.05, 4.69) is 54.0 Å². The van der Waals surface area contributed by atoms with Gasteiger partial charge in [0.05, 0.1) is 6.04 Å². The van der Waals surface area contributed by atoms with Crippen LogP contribution in [0, 0.1) is 5.92 Å². The quantitative estimate of drug-likeness (QED) is 0.898. The summed E-state index contributed by atoms with van der Waals surface area (Å²) in [7, 11) is 2.17. The molecule has 1 aliphatic heterocycles. The van der Waals surface area contributed by atoms with Gasteiger partial charge in [0.25, 0.3) is 0 Å². The fraction of sp³-hybridized carbons (Fsp3) is 0.733. The number of aryl methyl sites for hydroxylation is 1. The topological polar surface area (TPSA) is 20.2 Å². The van der Waals surface area contributed by atoms with Gasteiger partial charge < -0.3 is 9.88 Å². The van der Waals surface area contributed by atoms with Gasteiger partial charge in [-0.05, 0) is 30.9 Å². The fourth-order valence-corrected chi connectivity index (χ4v) is 2.82. The summed E-state index contributed by atoms with van der Waals surface area (Å²) in [5, 5.41) is 3.45. The van der Waals surface area contributed by atoms with Gasteiger partial charge in [-0.25, -0.2) is 0 Å². The number of hydrogen-bond acceptors (Lipinski definition) is 2. The summed E-state index contributed by atoms with van der Waals surface area (Å²) in [4.78, 5) is 2.65. The largest absolute Gasteiger partial charge is 0.353 e. The maximum Gasteiger partial charge on any atom is 0.0501 e. The zero-order chi connectivity index (χ0) is 13.0. The molecule has 118 valence electrons. The summed E-state index contributed by atoms with van der Waals surface area (Å²) in [5.74, 6) is 0.788. The first kappa shape index (κ1) is 19.8. The standard InChI is InChI=1S/C15H27N3.2ClH/c1-13(2)6-7-15(14-5-4-10-17(14)3)18-11-8-16-9-12-18;;/h4-5,10,13,15-16H,6-9,11-12H2,1-3H3;2*1H/t15-;;/m0../s1. The van der Waals surface area contributed by atoms with Crippen LogP contribution >= 0.6 is 24.8 Å². The van der Waals surface area contributed by atoms with Crippen LogP contribution in [0.1, 0.15) is 38.4 Å². The van der Waals surface area contributed by atoms with E-state index in [0.717, 1.165) is 19.0 Å². The van der Waals surface area contributed by atoms with Crippen molar-refractivity contribution in [1.29, 1.82) is 0 Å². The number of rotatable bonds is 5. The fourth-order valence-electron chi connectivity index (χ4n) is 2.82. The average Bonchev–Trinajstić information content (AvgIpc) is 2.77. The second kappa shape index (κ2) is 9.67. The summed E-state index contributed by atoms with van der Waals surface area (Å²) in [6.07, 6.45) is 4.75. The summed E-state index contributed by atoms with van der Waals surface area (Å²) in [6, 6.07) is 5.04. The monoisotopic (exact) mass is 321 g/mol. The Hall–Kier alpha value is -0.220. The first-order chi connectivity index (χ1) is 8.68. The molecule has 1 N–H and O–H groups in total. The van der Waals surface area contributed by atoms with Crippen LogP contribution in [0.2, 0.25) is 0 Å². The predicted octanol–water partition coefficient (Wildman–Crippen LogP) is 3.25. The van der Waals surface area contributed by atoms with Crippen LogP contribution in [0.4, 0.5) is 0 Å². The van der Waals surface area contributed by atoms with Crippen LogP contribution in [-0.2, 0) is 7.05 Å². The number of hydrogen-bond donors (Lipinski definition) is 1. The van der Waals surface area contributed by atoms with Gasteiger partial charge in [0, 0.05) is 45.1 Å². The molecule has 2 rings (SSSR count). The van der Waals surface area contributed by atoms with E-state index in [-0.39, 0.29) is 24.8 Å². The lowest BCUT2D eigenvalue weighted by Crippen LogP contribution is -2.45. The highest BCUT2D eigenvalue weighted by Crippen LogP contribution is 2.27. The SMILES string of the molecule is CC(C)CC[C@@H](c1cccn1C)N1CCNCC1.Cl.Cl. The summed E-state index contributed by atoms with van der Waals surface area (Å²) >= 11 is 0. The van der Waals surface area contributed by atoms with Crippen molar-refractivity contribution in [2.45, 2.75) is 32.7 Å². The molecule has 20 heavy (non-hydrogen) atoms. The molecule has 0 bridgehead atoms. The van der Waals surface area contributed by atoms with Crippen LogP contribution in [0.5, 0.6) is 0 Å². The Kier molecular flexibility index (Phi) is 9.56. The number of halogens is 2. The van der Waals surface area contributed by atoms with Crippen LogP contribution in [0.15, 0.2) is 18.3 Å². The Morgan fingerprint density at radius 1 is 1.15 bits per heavy atom. The molecule has 0 spiro atoms. The van der Waals surface area contributed by atoms with E-state index in [4.69, 9.17) is 0 Å². The van der Waals surface area contributed by atoms with Gasteiger partial charge in [-0.2, -0.15) is 0 Å². The van der Waals surface area contributed by atoms with Crippen molar-refractivity contribution >= 4 is 24.8 Å². The van der Waals surface area contributed by atoms with E-state index in [1.54, 1.807) is 0 Å². The Labute approximate surface area is 135 Å². The highest BCUT2D eigenvalue weighted by Gasteiger charge is 2.23. The smallest absolute Gasteiger partial charge is 0.0501 e. The second-order valence-electron chi connectivity index (χ2n) is 5.82. The van der Waals surface area contributed by atoms with Crippen molar-refractivity contribution in [1.82, 2.24) is 14.8 Å². The van der Waals surface area contributed by atoms with E-state index in [1.165, 1.54) is 31.6 Å². The molecule has 2 heterocycles. The maximum atomic E-state index is 3.45. The van der Waals surface area contributed by atoms with Crippen LogP contribution < -0.4 is 5.32 Å². The Morgan fingerprint density at radius 3 is 2.30 bits per heavy atom. The normalized spacial score (nSPS) is 17.4. The first-order valence-electron chi connectivity index (χ1n) is 7.24. The third-order valence-electron chi connectivity index (χ3n) is 3.94. The highest BCUT2D eigenvalue weighted by molar-refractivity contribution is 5.85. The Bertz CT molecular complexity index is 360. The lowest BCUT2D eigenvalue weighted by molar-refractivity contribution is 0.154. The van der Waals surface area contributed by atoms with Gasteiger partial charge in [0.1, 0.15) is 0 Å². The van der Waals surface area contributed by atoms with E-state index in [1.807, 2.05) is 0 Å². The molecular formula is C15H29Cl2N3. The number of nitrogens with one attached hydrogen (secondary N) is 1. The molecule has 1 fully saturated rings. The molecule has 0 saturated carbocycles. The third kappa shape index (κ3) is 5.28. The number of aromatic nitrogens is 1. The first-order valence-corrected chi connectivity index (χ1v) is 7.24. The van der Waals surface area contributed by atoms with Gasteiger partial charge in [0.15, 0.2) is 0 Å². The molecule has 0 amide bonds. The molecule has 5 heteroatoms. The second-order valence-corrected chi connectivity index (χ2v) is 5.82. The molecule has 0 aliphatic carbocycles. The zero-order valence-corrected chi connectivity index (χ0v) is 14.5. The number of nitrogens with zero attached hydrogens (tertiary/aromatic N) is 2. The van der Waals surface area contributed by atoms with Crippen LogP contribution in [-0.4, -0.2) is 35.6 Å². The van der Waals surface area contributed by atoms with Crippen molar-refractivity contribution < 1.29 is 0 Å². The third-order valence-corrected chi connectivity index (χ3v) is 3.94. The van der Waals surface area contributed by atoms with Gasteiger partial charge in [-0.1, -0.05) is 13.8 Å². The molecule has 1 atom stereocenters. The van der Waals surface area contributed by atoms with Gasteiger partial charge in [-0.3, -0.25) is 4.90 Å². The summed E-state index contributed by atoms with van der Waals surface area (Å²) < 4.78 is 2.28. The minimum Gasteiger partial charge on any atom is -0.353 e. The zero-order valence-electron chi connectivity index (χ0n) is 12.8. The number of piperazine rings is 1. The van der Waals surface area contributed by atoms with E-state index >= 15 is 0 Å². The van der Waals surface area contributed by atoms with Crippen molar-refractivity contribution in [3.8, 4) is 0 Å². The lowest BCUT2D eigenvalue weighted by Gasteiger charge is -2.35. The summed E-state index contributed by atoms with van der Waals surface area (Å²) in [5.41, 5.74) is 1.47. The molecule has 0 unspecified atom stereocenters. The molecule has 1 aliphatic rings. The molecule has 0 radical (unpaired) electrons. The van der Waals surface area contributed by atoms with Crippen molar-refractivity contribution in [3.05, 3.63) is 24.0 Å². The molecular weight excluding hydrogens is 293 g/mol. The van der Waals surface area contributed by atoms with Gasteiger partial charge in [-0.15, -0.1) is 24.8 Å². The van der Waals surface area contributed by atoms with Crippen molar-refractivity contribution in [2.75, 3.05) is 26.2 Å². The lowest BCUT2D eigenvalue weighted by atomic mass is 9.99. The molecule has 3 nitrogen and oxygen atoms in total. The summed E-state index contributed by atoms with van der Waals surface area (Å²) in [6.45, 7) is 9.24.